The number of benzene rings is 1. The summed E-state index contributed by atoms with van der Waals surface area (Å²) >= 11 is 0. The van der Waals surface area contributed by atoms with E-state index in [4.69, 9.17) is 4.52 Å². The highest BCUT2D eigenvalue weighted by molar-refractivity contribution is 7.89. The molecule has 5 nitrogen and oxygen atoms in total. The van der Waals surface area contributed by atoms with Crippen LogP contribution in [0.15, 0.2) is 28.8 Å². The number of hydrogen-bond donors (Lipinski definition) is 0. The van der Waals surface area contributed by atoms with Gasteiger partial charge in [-0.05, 0) is 44.2 Å². The van der Waals surface area contributed by atoms with Crippen molar-refractivity contribution in [1.82, 2.24) is 9.46 Å². The van der Waals surface area contributed by atoms with Crippen LogP contribution in [0.5, 0.6) is 0 Å². The van der Waals surface area contributed by atoms with E-state index in [9.17, 15) is 8.42 Å². The van der Waals surface area contributed by atoms with Crippen molar-refractivity contribution in [2.45, 2.75) is 44.9 Å². The third-order valence-corrected chi connectivity index (χ3v) is 6.96. The lowest BCUT2D eigenvalue weighted by molar-refractivity contribution is 0.389. The van der Waals surface area contributed by atoms with Crippen LogP contribution in [0.4, 0.5) is 0 Å². The highest BCUT2D eigenvalue weighted by Crippen LogP contribution is 2.28. The summed E-state index contributed by atoms with van der Waals surface area (Å²) in [5.74, 6) is 0.679. The minimum Gasteiger partial charge on any atom is -0.361 e. The van der Waals surface area contributed by atoms with Crippen molar-refractivity contribution < 1.29 is 12.9 Å². The standard InChI is InChI=1S/C17H22N2O3S/c1-12-17(13(2)22-18-12)11-19(3)23(20,21)16-9-8-14-6-4-5-7-15(14)10-16/h4-7,16H,8-11H2,1-3H3. The summed E-state index contributed by atoms with van der Waals surface area (Å²) in [7, 11) is -1.71. The Hall–Kier alpha value is -1.66. The minimum atomic E-state index is -3.35. The van der Waals surface area contributed by atoms with Gasteiger partial charge in [-0.25, -0.2) is 12.7 Å². The van der Waals surface area contributed by atoms with Gasteiger partial charge in [0, 0.05) is 19.2 Å². The zero-order valence-corrected chi connectivity index (χ0v) is 14.6. The van der Waals surface area contributed by atoms with E-state index >= 15 is 0 Å². The number of aryl methyl sites for hydroxylation is 3. The predicted molar refractivity (Wildman–Crippen MR) is 88.6 cm³/mol. The van der Waals surface area contributed by atoms with Gasteiger partial charge in [-0.3, -0.25) is 0 Å². The van der Waals surface area contributed by atoms with Crippen molar-refractivity contribution in [2.24, 2.45) is 0 Å². The molecule has 124 valence electrons. The Morgan fingerprint density at radius 2 is 1.96 bits per heavy atom. The van der Waals surface area contributed by atoms with Crippen LogP contribution < -0.4 is 0 Å². The van der Waals surface area contributed by atoms with Crippen molar-refractivity contribution in [2.75, 3.05) is 7.05 Å². The molecule has 1 aliphatic carbocycles. The topological polar surface area (TPSA) is 63.4 Å². The first-order valence-corrected chi connectivity index (χ1v) is 9.33. The Morgan fingerprint density at radius 3 is 2.61 bits per heavy atom. The molecule has 2 aromatic rings. The fourth-order valence-corrected chi connectivity index (χ4v) is 4.84. The van der Waals surface area contributed by atoms with E-state index in [0.717, 1.165) is 23.2 Å². The van der Waals surface area contributed by atoms with Crippen molar-refractivity contribution >= 4 is 10.0 Å². The molecular formula is C17H22N2O3S. The van der Waals surface area contributed by atoms with E-state index in [1.807, 2.05) is 32.0 Å². The van der Waals surface area contributed by atoms with Crippen molar-refractivity contribution in [3.8, 4) is 0 Å². The molecule has 0 radical (unpaired) electrons. The summed E-state index contributed by atoms with van der Waals surface area (Å²) in [6.07, 6.45) is 2.08. The van der Waals surface area contributed by atoms with E-state index in [1.54, 1.807) is 7.05 Å². The van der Waals surface area contributed by atoms with Gasteiger partial charge < -0.3 is 4.52 Å². The Labute approximate surface area is 137 Å². The first kappa shape index (κ1) is 16.2. The molecule has 0 bridgehead atoms. The average molecular weight is 334 g/mol. The molecular weight excluding hydrogens is 312 g/mol. The maximum Gasteiger partial charge on any atom is 0.217 e. The summed E-state index contributed by atoms with van der Waals surface area (Å²) in [6.45, 7) is 3.96. The molecule has 1 aromatic carbocycles. The molecule has 0 aliphatic heterocycles. The lowest BCUT2D eigenvalue weighted by Gasteiger charge is -2.28. The Bertz CT molecular complexity index is 791. The van der Waals surface area contributed by atoms with Gasteiger partial charge >= 0.3 is 0 Å². The maximum absolute atomic E-state index is 12.9. The van der Waals surface area contributed by atoms with Gasteiger partial charge in [0.25, 0.3) is 0 Å². The molecule has 3 rings (SSSR count). The number of nitrogens with zero attached hydrogens (tertiary/aromatic N) is 2. The monoisotopic (exact) mass is 334 g/mol. The summed E-state index contributed by atoms with van der Waals surface area (Å²) in [6, 6.07) is 8.11. The summed E-state index contributed by atoms with van der Waals surface area (Å²) < 4.78 is 32.4. The van der Waals surface area contributed by atoms with Crippen LogP contribution in [-0.2, 0) is 29.4 Å². The molecule has 0 saturated heterocycles. The quantitative estimate of drug-likeness (QED) is 0.862. The molecule has 23 heavy (non-hydrogen) atoms. The third kappa shape index (κ3) is 3.05. The first-order valence-electron chi connectivity index (χ1n) is 7.83. The van der Waals surface area contributed by atoms with E-state index in [-0.39, 0.29) is 5.25 Å². The Morgan fingerprint density at radius 1 is 1.26 bits per heavy atom. The van der Waals surface area contributed by atoms with Crippen molar-refractivity contribution in [3.05, 3.63) is 52.4 Å². The number of hydrogen-bond acceptors (Lipinski definition) is 4. The van der Waals surface area contributed by atoms with Crippen LogP contribution in [0.2, 0.25) is 0 Å². The highest BCUT2D eigenvalue weighted by Gasteiger charge is 2.33. The molecule has 0 N–H and O–H groups in total. The lowest BCUT2D eigenvalue weighted by Crippen LogP contribution is -2.39. The van der Waals surface area contributed by atoms with Crippen LogP contribution >= 0.6 is 0 Å². The summed E-state index contributed by atoms with van der Waals surface area (Å²) in [5.41, 5.74) is 4.02. The normalized spacial score (nSPS) is 18.2. The molecule has 0 fully saturated rings. The summed E-state index contributed by atoms with van der Waals surface area (Å²) in [4.78, 5) is 0. The van der Waals surface area contributed by atoms with E-state index in [2.05, 4.69) is 11.2 Å². The largest absolute Gasteiger partial charge is 0.361 e. The van der Waals surface area contributed by atoms with Gasteiger partial charge in [0.1, 0.15) is 5.76 Å². The highest BCUT2D eigenvalue weighted by atomic mass is 32.2. The molecule has 1 atom stereocenters. The second kappa shape index (κ2) is 6.09. The third-order valence-electron chi connectivity index (χ3n) is 4.72. The van der Waals surface area contributed by atoms with Crippen molar-refractivity contribution in [1.29, 1.82) is 0 Å². The fourth-order valence-electron chi connectivity index (χ4n) is 3.21. The zero-order valence-electron chi connectivity index (χ0n) is 13.7. The van der Waals surface area contributed by atoms with E-state index in [1.165, 1.54) is 9.87 Å². The van der Waals surface area contributed by atoms with Crippen LogP contribution in [0, 0.1) is 13.8 Å². The molecule has 0 amide bonds. The van der Waals surface area contributed by atoms with Gasteiger partial charge in [0.15, 0.2) is 0 Å². The smallest absolute Gasteiger partial charge is 0.217 e. The van der Waals surface area contributed by atoms with Crippen LogP contribution in [0.3, 0.4) is 0 Å². The minimum absolute atomic E-state index is 0.307. The molecule has 6 heteroatoms. The predicted octanol–water partition coefficient (Wildman–Crippen LogP) is 2.61. The number of rotatable bonds is 4. The molecule has 1 unspecified atom stereocenters. The van der Waals surface area contributed by atoms with Crippen LogP contribution in [0.25, 0.3) is 0 Å². The molecule has 1 aromatic heterocycles. The van der Waals surface area contributed by atoms with Crippen molar-refractivity contribution in [3.63, 3.8) is 0 Å². The van der Waals surface area contributed by atoms with Gasteiger partial charge in [-0.15, -0.1) is 0 Å². The number of sulfonamides is 1. The Kier molecular flexibility index (Phi) is 4.29. The number of fused-ring (bicyclic) bond motifs is 1. The summed E-state index contributed by atoms with van der Waals surface area (Å²) in [5, 5.41) is 3.54. The van der Waals surface area contributed by atoms with Crippen LogP contribution in [0.1, 0.15) is 34.6 Å². The average Bonchev–Trinajstić information content (AvgIpc) is 2.86. The Balaban J connectivity index is 1.79. The SMILES string of the molecule is Cc1noc(C)c1CN(C)S(=O)(=O)C1CCc2ccccc2C1. The van der Waals surface area contributed by atoms with E-state index < -0.39 is 10.0 Å². The second-order valence-electron chi connectivity index (χ2n) is 6.24. The lowest BCUT2D eigenvalue weighted by atomic mass is 9.92. The molecule has 1 heterocycles. The van der Waals surface area contributed by atoms with E-state index in [0.29, 0.717) is 25.1 Å². The van der Waals surface area contributed by atoms with Gasteiger partial charge in [-0.2, -0.15) is 0 Å². The number of aromatic nitrogens is 1. The van der Waals surface area contributed by atoms with Gasteiger partial charge in [0.2, 0.25) is 10.0 Å². The molecule has 0 saturated carbocycles. The maximum atomic E-state index is 12.9. The van der Waals surface area contributed by atoms with Gasteiger partial charge in [0.05, 0.1) is 10.9 Å². The molecule has 1 aliphatic rings. The molecule has 0 spiro atoms. The van der Waals surface area contributed by atoms with Crippen LogP contribution in [-0.4, -0.2) is 30.2 Å². The fraction of sp³-hybridized carbons (Fsp3) is 0.471. The van der Waals surface area contributed by atoms with Gasteiger partial charge in [-0.1, -0.05) is 29.4 Å². The first-order chi connectivity index (χ1) is 10.9. The zero-order chi connectivity index (χ0) is 16.6. The second-order valence-corrected chi connectivity index (χ2v) is 8.56.